The van der Waals surface area contributed by atoms with Gasteiger partial charge in [0.05, 0.1) is 4.47 Å². The van der Waals surface area contributed by atoms with Crippen LogP contribution in [0.15, 0.2) is 28.7 Å². The number of halogens is 1. The van der Waals surface area contributed by atoms with Crippen molar-refractivity contribution in [2.75, 3.05) is 6.61 Å². The summed E-state index contributed by atoms with van der Waals surface area (Å²) in [5.74, 6) is -0.826. The first kappa shape index (κ1) is 14.8. The molecule has 0 saturated heterocycles. The summed E-state index contributed by atoms with van der Waals surface area (Å²) in [6, 6.07) is 7.19. The molecule has 1 aliphatic carbocycles. The highest BCUT2D eigenvalue weighted by Crippen LogP contribution is 2.30. The minimum atomic E-state index is -1.12. The quantitative estimate of drug-likeness (QED) is 0.861. The van der Waals surface area contributed by atoms with E-state index in [0.29, 0.717) is 18.6 Å². The van der Waals surface area contributed by atoms with Gasteiger partial charge < -0.3 is 15.2 Å². The number of carbonyl (C=O) groups excluding carboxylic acids is 1. The van der Waals surface area contributed by atoms with E-state index in [2.05, 4.69) is 21.2 Å². The molecule has 0 atom stereocenters. The Labute approximate surface area is 125 Å². The van der Waals surface area contributed by atoms with Gasteiger partial charge in [0, 0.05) is 0 Å². The molecule has 1 saturated carbocycles. The summed E-state index contributed by atoms with van der Waals surface area (Å²) in [5.41, 5.74) is -1.12. The van der Waals surface area contributed by atoms with E-state index >= 15 is 0 Å². The van der Waals surface area contributed by atoms with Crippen LogP contribution in [0.1, 0.15) is 25.7 Å². The van der Waals surface area contributed by atoms with Gasteiger partial charge in [0.1, 0.15) is 11.3 Å². The average molecular weight is 342 g/mol. The molecule has 20 heavy (non-hydrogen) atoms. The summed E-state index contributed by atoms with van der Waals surface area (Å²) in [4.78, 5) is 23.2. The molecule has 0 radical (unpaired) electrons. The second-order valence-electron chi connectivity index (χ2n) is 4.86. The molecule has 1 fully saturated rings. The zero-order valence-corrected chi connectivity index (χ0v) is 12.5. The molecule has 1 aromatic carbocycles. The van der Waals surface area contributed by atoms with Crippen LogP contribution in [0.4, 0.5) is 0 Å². The molecule has 6 heteroatoms. The van der Waals surface area contributed by atoms with E-state index in [1.807, 2.05) is 12.1 Å². The molecule has 0 spiro atoms. The number of carbonyl (C=O) groups is 2. The van der Waals surface area contributed by atoms with Gasteiger partial charge in [0.25, 0.3) is 5.91 Å². The lowest BCUT2D eigenvalue weighted by atomic mass is 9.98. The zero-order chi connectivity index (χ0) is 14.6. The van der Waals surface area contributed by atoms with E-state index < -0.39 is 17.4 Å². The van der Waals surface area contributed by atoms with Crippen LogP contribution in [0.5, 0.6) is 5.75 Å². The first-order valence-electron chi connectivity index (χ1n) is 6.45. The monoisotopic (exact) mass is 341 g/mol. The Morgan fingerprint density at radius 1 is 1.30 bits per heavy atom. The number of hydrogen-bond acceptors (Lipinski definition) is 3. The highest BCUT2D eigenvalue weighted by atomic mass is 79.9. The lowest BCUT2D eigenvalue weighted by Crippen LogP contribution is -2.53. The molecule has 0 bridgehead atoms. The lowest BCUT2D eigenvalue weighted by Gasteiger charge is -2.25. The SMILES string of the molecule is O=C(COc1ccccc1Br)NC1(C(=O)O)CCCC1. The van der Waals surface area contributed by atoms with Crippen LogP contribution in [0, 0.1) is 0 Å². The lowest BCUT2D eigenvalue weighted by molar-refractivity contribution is -0.147. The fraction of sp³-hybridized carbons (Fsp3) is 0.429. The van der Waals surface area contributed by atoms with Crippen molar-refractivity contribution in [1.82, 2.24) is 5.32 Å². The molecule has 108 valence electrons. The Balaban J connectivity index is 1.92. The number of amides is 1. The fourth-order valence-electron chi connectivity index (χ4n) is 2.38. The fourth-order valence-corrected chi connectivity index (χ4v) is 2.78. The molecule has 1 aliphatic rings. The number of carboxylic acids is 1. The van der Waals surface area contributed by atoms with Gasteiger partial charge in [-0.2, -0.15) is 0 Å². The molecule has 1 amide bonds. The van der Waals surface area contributed by atoms with Crippen molar-refractivity contribution in [3.63, 3.8) is 0 Å². The third-order valence-corrected chi connectivity index (χ3v) is 4.10. The average Bonchev–Trinajstić information content (AvgIpc) is 2.88. The van der Waals surface area contributed by atoms with Gasteiger partial charge in [0.15, 0.2) is 6.61 Å². The van der Waals surface area contributed by atoms with Crippen molar-refractivity contribution in [3.05, 3.63) is 28.7 Å². The van der Waals surface area contributed by atoms with Gasteiger partial charge in [0.2, 0.25) is 0 Å². The Hall–Kier alpha value is -1.56. The zero-order valence-electron chi connectivity index (χ0n) is 10.9. The highest BCUT2D eigenvalue weighted by molar-refractivity contribution is 9.10. The summed E-state index contributed by atoms with van der Waals surface area (Å²) in [6.45, 7) is -0.197. The number of rotatable bonds is 5. The standard InChI is InChI=1S/C14H16BrNO4/c15-10-5-1-2-6-11(10)20-9-12(17)16-14(13(18)19)7-3-4-8-14/h1-2,5-6H,3-4,7-9H2,(H,16,17)(H,18,19). The van der Waals surface area contributed by atoms with E-state index in [4.69, 9.17) is 4.74 Å². The Morgan fingerprint density at radius 2 is 1.95 bits per heavy atom. The van der Waals surface area contributed by atoms with Crippen LogP contribution in [0.2, 0.25) is 0 Å². The highest BCUT2D eigenvalue weighted by Gasteiger charge is 2.42. The van der Waals surface area contributed by atoms with Crippen LogP contribution >= 0.6 is 15.9 Å². The molecular formula is C14H16BrNO4. The second kappa shape index (κ2) is 6.26. The summed E-state index contributed by atoms with van der Waals surface area (Å²) in [6.07, 6.45) is 2.58. The molecule has 0 heterocycles. The molecule has 0 aromatic heterocycles. The summed E-state index contributed by atoms with van der Waals surface area (Å²) in [5, 5.41) is 11.9. The predicted octanol–water partition coefficient (Wildman–Crippen LogP) is 2.34. The largest absolute Gasteiger partial charge is 0.483 e. The molecule has 0 unspecified atom stereocenters. The van der Waals surface area contributed by atoms with E-state index in [1.54, 1.807) is 12.1 Å². The summed E-state index contributed by atoms with van der Waals surface area (Å²) < 4.78 is 6.13. The minimum absolute atomic E-state index is 0.197. The molecule has 1 aromatic rings. The first-order valence-corrected chi connectivity index (χ1v) is 7.24. The Bertz CT molecular complexity index is 512. The number of nitrogens with one attached hydrogen (secondary N) is 1. The van der Waals surface area contributed by atoms with Crippen molar-refractivity contribution >= 4 is 27.8 Å². The third kappa shape index (κ3) is 3.30. The van der Waals surface area contributed by atoms with Crippen LogP contribution in [0.3, 0.4) is 0 Å². The van der Waals surface area contributed by atoms with Gasteiger partial charge in [-0.1, -0.05) is 25.0 Å². The number of hydrogen-bond donors (Lipinski definition) is 2. The van der Waals surface area contributed by atoms with Crippen LogP contribution in [0.25, 0.3) is 0 Å². The van der Waals surface area contributed by atoms with E-state index in [0.717, 1.165) is 17.3 Å². The molecule has 2 N–H and O–H groups in total. The third-order valence-electron chi connectivity index (χ3n) is 3.44. The molecule has 0 aliphatic heterocycles. The molecule has 5 nitrogen and oxygen atoms in total. The Kier molecular flexibility index (Phi) is 4.65. The van der Waals surface area contributed by atoms with Crippen molar-refractivity contribution in [2.24, 2.45) is 0 Å². The van der Waals surface area contributed by atoms with Crippen molar-refractivity contribution < 1.29 is 19.4 Å². The van der Waals surface area contributed by atoms with E-state index in [9.17, 15) is 14.7 Å². The number of aliphatic carboxylic acids is 1. The Morgan fingerprint density at radius 3 is 2.55 bits per heavy atom. The number of carboxylic acid groups (broad SMARTS) is 1. The maximum absolute atomic E-state index is 11.9. The number of para-hydroxylation sites is 1. The van der Waals surface area contributed by atoms with E-state index in [1.165, 1.54) is 0 Å². The van der Waals surface area contributed by atoms with Crippen LogP contribution in [-0.2, 0) is 9.59 Å². The van der Waals surface area contributed by atoms with Gasteiger partial charge in [-0.3, -0.25) is 4.79 Å². The van der Waals surface area contributed by atoms with Gasteiger partial charge in [-0.25, -0.2) is 4.79 Å². The van der Waals surface area contributed by atoms with Gasteiger partial charge in [-0.15, -0.1) is 0 Å². The first-order chi connectivity index (χ1) is 9.53. The van der Waals surface area contributed by atoms with Crippen molar-refractivity contribution in [3.8, 4) is 5.75 Å². The van der Waals surface area contributed by atoms with Crippen molar-refractivity contribution in [2.45, 2.75) is 31.2 Å². The number of benzene rings is 1. The van der Waals surface area contributed by atoms with Crippen LogP contribution in [-0.4, -0.2) is 29.1 Å². The van der Waals surface area contributed by atoms with E-state index in [-0.39, 0.29) is 6.61 Å². The number of ether oxygens (including phenoxy) is 1. The summed E-state index contributed by atoms with van der Waals surface area (Å²) >= 11 is 3.32. The predicted molar refractivity (Wildman–Crippen MR) is 76.6 cm³/mol. The maximum Gasteiger partial charge on any atom is 0.329 e. The topological polar surface area (TPSA) is 75.6 Å². The van der Waals surface area contributed by atoms with Crippen LogP contribution < -0.4 is 10.1 Å². The maximum atomic E-state index is 11.9. The normalized spacial score (nSPS) is 16.6. The summed E-state index contributed by atoms with van der Waals surface area (Å²) in [7, 11) is 0. The molecule has 2 rings (SSSR count). The smallest absolute Gasteiger partial charge is 0.329 e. The van der Waals surface area contributed by atoms with Gasteiger partial charge >= 0.3 is 5.97 Å². The van der Waals surface area contributed by atoms with Gasteiger partial charge in [-0.05, 0) is 40.9 Å². The van der Waals surface area contributed by atoms with Crippen molar-refractivity contribution in [1.29, 1.82) is 0 Å². The molecular weight excluding hydrogens is 326 g/mol. The minimum Gasteiger partial charge on any atom is -0.483 e. The second-order valence-corrected chi connectivity index (χ2v) is 5.72.